The predicted octanol–water partition coefficient (Wildman–Crippen LogP) is 1.44. The molecule has 0 aliphatic carbocycles. The molecule has 0 spiro atoms. The van der Waals surface area contributed by atoms with Gasteiger partial charge in [-0.05, 0) is 6.42 Å². The Morgan fingerprint density at radius 1 is 1.57 bits per heavy atom. The van der Waals surface area contributed by atoms with Gasteiger partial charge in [-0.15, -0.1) is 0 Å². The number of ketones is 1. The molecule has 1 aliphatic rings. The van der Waals surface area contributed by atoms with E-state index in [1.165, 1.54) is 0 Å². The summed E-state index contributed by atoms with van der Waals surface area (Å²) in [6.07, 6.45) is 1.05. The van der Waals surface area contributed by atoms with Gasteiger partial charge in [-0.1, -0.05) is 13.8 Å². The molecule has 1 amide bonds. The summed E-state index contributed by atoms with van der Waals surface area (Å²) in [7, 11) is 0. The van der Waals surface area contributed by atoms with Crippen molar-refractivity contribution in [3.05, 3.63) is 0 Å². The van der Waals surface area contributed by atoms with Crippen molar-refractivity contribution >= 4 is 11.9 Å². The van der Waals surface area contributed by atoms with Crippen LogP contribution in [0.2, 0.25) is 0 Å². The van der Waals surface area contributed by atoms with Crippen LogP contribution in [0.25, 0.3) is 0 Å². The second-order valence-electron chi connectivity index (χ2n) is 3.83. The highest BCUT2D eigenvalue weighted by Gasteiger charge is 2.21. The zero-order valence-electron chi connectivity index (χ0n) is 8.78. The number of ether oxygens (including phenoxy) is 1. The molecule has 0 aromatic heterocycles. The van der Waals surface area contributed by atoms with Gasteiger partial charge in [-0.25, -0.2) is 4.79 Å². The lowest BCUT2D eigenvalue weighted by Gasteiger charge is -2.11. The Morgan fingerprint density at radius 3 is 2.79 bits per heavy atom. The van der Waals surface area contributed by atoms with Crippen molar-refractivity contribution in [3.63, 3.8) is 0 Å². The maximum atomic E-state index is 11.3. The zero-order chi connectivity index (χ0) is 10.6. The van der Waals surface area contributed by atoms with Crippen molar-refractivity contribution in [1.29, 1.82) is 0 Å². The van der Waals surface area contributed by atoms with E-state index >= 15 is 0 Å². The van der Waals surface area contributed by atoms with Crippen LogP contribution in [-0.2, 0) is 9.53 Å². The Bertz CT molecular complexity index is 225. The van der Waals surface area contributed by atoms with Gasteiger partial charge in [-0.2, -0.15) is 0 Å². The quantitative estimate of drug-likeness (QED) is 0.673. The van der Waals surface area contributed by atoms with E-state index in [2.05, 4.69) is 0 Å². The molecule has 4 nitrogen and oxygen atoms in total. The molecular formula is C10H17NO3. The first kappa shape index (κ1) is 11.0. The fraction of sp³-hybridized carbons (Fsp3) is 0.800. The number of hydrogen-bond acceptors (Lipinski definition) is 3. The van der Waals surface area contributed by atoms with Gasteiger partial charge in [0.25, 0.3) is 0 Å². The van der Waals surface area contributed by atoms with Gasteiger partial charge < -0.3 is 9.64 Å². The SMILES string of the molecule is CC(C)C(=O)CCCN1CCOC1=O. The van der Waals surface area contributed by atoms with Gasteiger partial charge in [-0.3, -0.25) is 4.79 Å². The molecule has 0 aromatic rings. The van der Waals surface area contributed by atoms with E-state index in [1.54, 1.807) is 4.90 Å². The van der Waals surface area contributed by atoms with E-state index in [-0.39, 0.29) is 17.8 Å². The summed E-state index contributed by atoms with van der Waals surface area (Å²) in [5.74, 6) is 0.359. The molecular weight excluding hydrogens is 182 g/mol. The topological polar surface area (TPSA) is 46.6 Å². The van der Waals surface area contributed by atoms with Gasteiger partial charge in [0, 0.05) is 18.9 Å². The number of carbonyl (C=O) groups excluding carboxylic acids is 2. The highest BCUT2D eigenvalue weighted by atomic mass is 16.6. The summed E-state index contributed by atoms with van der Waals surface area (Å²) in [5.41, 5.74) is 0. The third kappa shape index (κ3) is 3.01. The summed E-state index contributed by atoms with van der Waals surface area (Å²) in [5, 5.41) is 0. The number of amides is 1. The number of carbonyl (C=O) groups is 2. The van der Waals surface area contributed by atoms with Crippen LogP contribution in [0.1, 0.15) is 26.7 Å². The van der Waals surface area contributed by atoms with Crippen LogP contribution < -0.4 is 0 Å². The van der Waals surface area contributed by atoms with Crippen molar-refractivity contribution in [3.8, 4) is 0 Å². The third-order valence-electron chi connectivity index (χ3n) is 2.34. The fourth-order valence-electron chi connectivity index (χ4n) is 1.36. The lowest BCUT2D eigenvalue weighted by atomic mass is 10.0. The van der Waals surface area contributed by atoms with Crippen LogP contribution in [0.3, 0.4) is 0 Å². The van der Waals surface area contributed by atoms with Gasteiger partial charge >= 0.3 is 6.09 Å². The summed E-state index contributed by atoms with van der Waals surface area (Å²) in [6, 6.07) is 0. The molecule has 1 aliphatic heterocycles. The maximum absolute atomic E-state index is 11.3. The minimum Gasteiger partial charge on any atom is -0.448 e. The summed E-state index contributed by atoms with van der Waals surface area (Å²) in [4.78, 5) is 23.9. The van der Waals surface area contributed by atoms with Crippen LogP contribution in [0, 0.1) is 5.92 Å². The van der Waals surface area contributed by atoms with E-state index in [1.807, 2.05) is 13.8 Å². The van der Waals surface area contributed by atoms with Crippen LogP contribution in [0.4, 0.5) is 4.79 Å². The standard InChI is InChI=1S/C10H17NO3/c1-8(2)9(12)4-3-5-11-6-7-14-10(11)13/h8H,3-7H2,1-2H3. The van der Waals surface area contributed by atoms with E-state index in [0.717, 1.165) is 6.42 Å². The first-order chi connectivity index (χ1) is 6.61. The number of rotatable bonds is 5. The Labute approximate surface area is 84.2 Å². The maximum Gasteiger partial charge on any atom is 0.409 e. The van der Waals surface area contributed by atoms with Gasteiger partial charge in [0.1, 0.15) is 12.4 Å². The molecule has 1 heterocycles. The highest BCUT2D eigenvalue weighted by molar-refractivity contribution is 5.80. The molecule has 14 heavy (non-hydrogen) atoms. The van der Waals surface area contributed by atoms with Crippen molar-refractivity contribution < 1.29 is 14.3 Å². The average molecular weight is 199 g/mol. The molecule has 1 fully saturated rings. The monoisotopic (exact) mass is 199 g/mol. The van der Waals surface area contributed by atoms with Crippen LogP contribution in [0.15, 0.2) is 0 Å². The van der Waals surface area contributed by atoms with Gasteiger partial charge in [0.15, 0.2) is 0 Å². The molecule has 0 atom stereocenters. The summed E-state index contributed by atoms with van der Waals surface area (Å²) < 4.78 is 4.77. The number of cyclic esters (lactones) is 1. The van der Waals surface area contributed by atoms with E-state index in [4.69, 9.17) is 4.74 Å². The van der Waals surface area contributed by atoms with Gasteiger partial charge in [0.2, 0.25) is 0 Å². The van der Waals surface area contributed by atoms with Crippen LogP contribution in [0.5, 0.6) is 0 Å². The first-order valence-corrected chi connectivity index (χ1v) is 5.05. The number of Topliss-reactive ketones (excluding diaryl/α,β-unsaturated/α-hetero) is 1. The third-order valence-corrected chi connectivity index (χ3v) is 2.34. The Balaban J connectivity index is 2.15. The van der Waals surface area contributed by atoms with Crippen molar-refractivity contribution in [1.82, 2.24) is 4.90 Å². The molecule has 1 saturated heterocycles. The first-order valence-electron chi connectivity index (χ1n) is 5.05. The molecule has 0 aromatic carbocycles. The smallest absolute Gasteiger partial charge is 0.409 e. The number of nitrogens with zero attached hydrogens (tertiary/aromatic N) is 1. The minimum absolute atomic E-state index is 0.0977. The number of hydrogen-bond donors (Lipinski definition) is 0. The second-order valence-corrected chi connectivity index (χ2v) is 3.83. The van der Waals surface area contributed by atoms with E-state index in [9.17, 15) is 9.59 Å². The largest absolute Gasteiger partial charge is 0.448 e. The Morgan fingerprint density at radius 2 is 2.29 bits per heavy atom. The fourth-order valence-corrected chi connectivity index (χ4v) is 1.36. The summed E-state index contributed by atoms with van der Waals surface area (Å²) in [6.45, 7) is 5.57. The molecule has 0 unspecified atom stereocenters. The molecule has 0 radical (unpaired) electrons. The lowest BCUT2D eigenvalue weighted by Crippen LogP contribution is -2.26. The second kappa shape index (κ2) is 4.98. The molecule has 4 heteroatoms. The van der Waals surface area contributed by atoms with Crippen molar-refractivity contribution in [2.75, 3.05) is 19.7 Å². The molecule has 1 rings (SSSR count). The van der Waals surface area contributed by atoms with Crippen LogP contribution in [-0.4, -0.2) is 36.5 Å². The van der Waals surface area contributed by atoms with Crippen LogP contribution >= 0.6 is 0 Å². The average Bonchev–Trinajstić information content (AvgIpc) is 2.51. The van der Waals surface area contributed by atoms with E-state index < -0.39 is 0 Å². The highest BCUT2D eigenvalue weighted by Crippen LogP contribution is 2.07. The van der Waals surface area contributed by atoms with Crippen molar-refractivity contribution in [2.45, 2.75) is 26.7 Å². The molecule has 0 N–H and O–H groups in total. The Kier molecular flexibility index (Phi) is 3.92. The van der Waals surface area contributed by atoms with Gasteiger partial charge in [0.05, 0.1) is 6.54 Å². The lowest BCUT2D eigenvalue weighted by molar-refractivity contribution is -0.122. The molecule has 80 valence electrons. The normalized spacial score (nSPS) is 16.2. The summed E-state index contributed by atoms with van der Waals surface area (Å²) >= 11 is 0. The predicted molar refractivity (Wildman–Crippen MR) is 52.0 cm³/mol. The zero-order valence-corrected chi connectivity index (χ0v) is 8.78. The molecule has 0 bridgehead atoms. The van der Waals surface area contributed by atoms with E-state index in [0.29, 0.717) is 26.1 Å². The molecule has 0 saturated carbocycles. The van der Waals surface area contributed by atoms with Crippen molar-refractivity contribution in [2.24, 2.45) is 5.92 Å². The Hall–Kier alpha value is -1.06. The minimum atomic E-state index is -0.248.